The van der Waals surface area contributed by atoms with E-state index in [1.54, 1.807) is 4.68 Å². The Bertz CT molecular complexity index is 340. The van der Waals surface area contributed by atoms with Crippen molar-refractivity contribution in [1.82, 2.24) is 15.0 Å². The second-order valence-electron chi connectivity index (χ2n) is 3.51. The Morgan fingerprint density at radius 1 is 1.69 bits per heavy atom. The number of nitrogens with two attached hydrogens (primary N) is 1. The van der Waals surface area contributed by atoms with Crippen molar-refractivity contribution < 1.29 is 4.79 Å². The number of hydrogen-bond donors (Lipinski definition) is 1. The van der Waals surface area contributed by atoms with Gasteiger partial charge in [-0.15, -0.1) is 5.10 Å². The van der Waals surface area contributed by atoms with Crippen molar-refractivity contribution in [2.45, 2.75) is 26.3 Å². The summed E-state index contributed by atoms with van der Waals surface area (Å²) in [6.45, 7) is 2.69. The summed E-state index contributed by atoms with van der Waals surface area (Å²) < 4.78 is 1.76. The maximum atomic E-state index is 10.8. The Labute approximate surface area is 75.9 Å². The first-order valence-electron chi connectivity index (χ1n) is 4.38. The predicted octanol–water partition coefficient (Wildman–Crippen LogP) is 0.0954. The fraction of sp³-hybridized carbons (Fsp3) is 0.625. The molecule has 2 rings (SSSR count). The zero-order chi connectivity index (χ0) is 9.42. The molecule has 0 saturated heterocycles. The van der Waals surface area contributed by atoms with Crippen LogP contribution in [0, 0.1) is 12.8 Å². The zero-order valence-corrected chi connectivity index (χ0v) is 7.53. The highest BCUT2D eigenvalue weighted by Crippen LogP contribution is 2.30. The van der Waals surface area contributed by atoms with Crippen LogP contribution < -0.4 is 5.73 Å². The zero-order valence-electron chi connectivity index (χ0n) is 7.53. The normalized spacial score (nSPS) is 16.1. The molecule has 0 unspecified atom stereocenters. The lowest BCUT2D eigenvalue weighted by molar-refractivity contribution is 0.0995. The Morgan fingerprint density at radius 3 is 2.85 bits per heavy atom. The molecular weight excluding hydrogens is 168 g/mol. The van der Waals surface area contributed by atoms with Crippen molar-refractivity contribution >= 4 is 5.91 Å². The van der Waals surface area contributed by atoms with E-state index < -0.39 is 5.91 Å². The van der Waals surface area contributed by atoms with Gasteiger partial charge in [0.2, 0.25) is 0 Å². The average molecular weight is 180 g/mol. The lowest BCUT2D eigenvalue weighted by Crippen LogP contribution is -2.13. The minimum absolute atomic E-state index is 0.292. The highest BCUT2D eigenvalue weighted by Gasteiger charge is 2.24. The lowest BCUT2D eigenvalue weighted by atomic mass is 10.3. The molecule has 1 aromatic rings. The van der Waals surface area contributed by atoms with Gasteiger partial charge in [-0.1, -0.05) is 5.21 Å². The number of amides is 1. The third-order valence-electron chi connectivity index (χ3n) is 2.34. The maximum absolute atomic E-state index is 10.8. The van der Waals surface area contributed by atoms with Gasteiger partial charge < -0.3 is 5.73 Å². The molecular formula is C8H12N4O. The van der Waals surface area contributed by atoms with Crippen molar-refractivity contribution in [2.24, 2.45) is 11.7 Å². The van der Waals surface area contributed by atoms with Gasteiger partial charge in [0.1, 0.15) is 0 Å². The van der Waals surface area contributed by atoms with E-state index in [9.17, 15) is 4.79 Å². The van der Waals surface area contributed by atoms with E-state index in [0.29, 0.717) is 5.69 Å². The molecule has 1 aliphatic rings. The molecule has 0 atom stereocenters. The summed E-state index contributed by atoms with van der Waals surface area (Å²) in [5.41, 5.74) is 6.19. The summed E-state index contributed by atoms with van der Waals surface area (Å²) in [4.78, 5) is 10.8. The van der Waals surface area contributed by atoms with Crippen LogP contribution in [0.4, 0.5) is 0 Å². The molecule has 0 radical (unpaired) electrons. The number of nitrogens with zero attached hydrogens (tertiary/aromatic N) is 3. The molecule has 1 saturated carbocycles. The Hall–Kier alpha value is -1.39. The van der Waals surface area contributed by atoms with Crippen molar-refractivity contribution in [1.29, 1.82) is 0 Å². The first-order chi connectivity index (χ1) is 6.18. The molecule has 5 nitrogen and oxygen atoms in total. The molecule has 2 N–H and O–H groups in total. The topological polar surface area (TPSA) is 73.8 Å². The highest BCUT2D eigenvalue weighted by atomic mass is 16.1. The van der Waals surface area contributed by atoms with E-state index in [1.807, 2.05) is 6.92 Å². The summed E-state index contributed by atoms with van der Waals surface area (Å²) >= 11 is 0. The van der Waals surface area contributed by atoms with E-state index in [2.05, 4.69) is 10.3 Å². The summed E-state index contributed by atoms with van der Waals surface area (Å²) in [7, 11) is 0. The number of carbonyl (C=O) groups excluding carboxylic acids is 1. The van der Waals surface area contributed by atoms with Gasteiger partial charge in [0.15, 0.2) is 5.69 Å². The van der Waals surface area contributed by atoms with Crippen LogP contribution in [0.1, 0.15) is 29.0 Å². The van der Waals surface area contributed by atoms with Crippen molar-refractivity contribution in [3.63, 3.8) is 0 Å². The van der Waals surface area contributed by atoms with Crippen molar-refractivity contribution in [2.75, 3.05) is 0 Å². The van der Waals surface area contributed by atoms with Crippen LogP contribution in [0.2, 0.25) is 0 Å². The van der Waals surface area contributed by atoms with Gasteiger partial charge in [0, 0.05) is 6.54 Å². The molecule has 1 heterocycles. The van der Waals surface area contributed by atoms with E-state index in [-0.39, 0.29) is 0 Å². The molecule has 0 aromatic carbocycles. The lowest BCUT2D eigenvalue weighted by Gasteiger charge is -1.99. The minimum Gasteiger partial charge on any atom is -0.364 e. The van der Waals surface area contributed by atoms with Crippen molar-refractivity contribution in [3.8, 4) is 0 Å². The molecule has 1 aromatic heterocycles. The quantitative estimate of drug-likeness (QED) is 0.716. The van der Waals surface area contributed by atoms with Crippen molar-refractivity contribution in [3.05, 3.63) is 11.4 Å². The van der Waals surface area contributed by atoms with Gasteiger partial charge in [0.25, 0.3) is 5.91 Å². The number of hydrogen-bond acceptors (Lipinski definition) is 3. The molecule has 70 valence electrons. The van der Waals surface area contributed by atoms with Gasteiger partial charge in [0.05, 0.1) is 5.69 Å². The number of rotatable bonds is 3. The fourth-order valence-corrected chi connectivity index (χ4v) is 1.31. The van der Waals surface area contributed by atoms with E-state index in [1.165, 1.54) is 12.8 Å². The summed E-state index contributed by atoms with van der Waals surface area (Å²) in [6.07, 6.45) is 2.51. The van der Waals surface area contributed by atoms with Gasteiger partial charge in [-0.05, 0) is 25.7 Å². The van der Waals surface area contributed by atoms with E-state index >= 15 is 0 Å². The second kappa shape index (κ2) is 2.83. The van der Waals surface area contributed by atoms with Gasteiger partial charge >= 0.3 is 0 Å². The van der Waals surface area contributed by atoms with Crippen LogP contribution in [0.5, 0.6) is 0 Å². The van der Waals surface area contributed by atoms with Crippen LogP contribution in [-0.2, 0) is 6.54 Å². The Kier molecular flexibility index (Phi) is 1.79. The smallest absolute Gasteiger partial charge is 0.271 e. The molecule has 5 heteroatoms. The summed E-state index contributed by atoms with van der Waals surface area (Å²) in [5.74, 6) is 0.223. The van der Waals surface area contributed by atoms with Gasteiger partial charge in [-0.25, -0.2) is 4.68 Å². The molecule has 13 heavy (non-hydrogen) atoms. The third-order valence-corrected chi connectivity index (χ3v) is 2.34. The highest BCUT2D eigenvalue weighted by molar-refractivity contribution is 5.91. The fourth-order valence-electron chi connectivity index (χ4n) is 1.31. The molecule has 1 amide bonds. The number of aromatic nitrogens is 3. The number of carbonyl (C=O) groups is 1. The van der Waals surface area contributed by atoms with Gasteiger partial charge in [-0.3, -0.25) is 4.79 Å². The minimum atomic E-state index is -0.500. The van der Waals surface area contributed by atoms with Crippen LogP contribution in [0.25, 0.3) is 0 Å². The van der Waals surface area contributed by atoms with E-state index in [0.717, 1.165) is 18.2 Å². The van der Waals surface area contributed by atoms with Crippen LogP contribution in [0.3, 0.4) is 0 Å². The Morgan fingerprint density at radius 2 is 2.38 bits per heavy atom. The monoisotopic (exact) mass is 180 g/mol. The largest absolute Gasteiger partial charge is 0.364 e. The van der Waals surface area contributed by atoms with Crippen LogP contribution in [-0.4, -0.2) is 20.9 Å². The third kappa shape index (κ3) is 1.54. The Balaban J connectivity index is 2.21. The summed E-state index contributed by atoms with van der Waals surface area (Å²) in [5, 5.41) is 7.62. The maximum Gasteiger partial charge on any atom is 0.271 e. The summed E-state index contributed by atoms with van der Waals surface area (Å²) in [6, 6.07) is 0. The predicted molar refractivity (Wildman–Crippen MR) is 46.0 cm³/mol. The molecule has 1 fully saturated rings. The van der Waals surface area contributed by atoms with Gasteiger partial charge in [-0.2, -0.15) is 0 Å². The standard InChI is InChI=1S/C8H12N4O/c1-5-7(8(9)13)10-11-12(5)4-6-2-3-6/h6H,2-4H2,1H3,(H2,9,13). The molecule has 0 aliphatic heterocycles. The molecule has 0 spiro atoms. The first kappa shape index (κ1) is 8.22. The number of primary amides is 1. The van der Waals surface area contributed by atoms with E-state index in [4.69, 9.17) is 5.73 Å². The second-order valence-corrected chi connectivity index (χ2v) is 3.51. The van der Waals surface area contributed by atoms with Crippen LogP contribution >= 0.6 is 0 Å². The molecule has 0 bridgehead atoms. The SMILES string of the molecule is Cc1c(C(N)=O)nnn1CC1CC1. The van der Waals surface area contributed by atoms with Crippen LogP contribution in [0.15, 0.2) is 0 Å². The molecule has 1 aliphatic carbocycles. The average Bonchev–Trinajstić information content (AvgIpc) is 2.78. The first-order valence-corrected chi connectivity index (χ1v) is 4.38.